The molecule has 0 bridgehead atoms. The van der Waals surface area contributed by atoms with Crippen LogP contribution in [-0.2, 0) is 12.1 Å². The fraction of sp³-hybridized carbons (Fsp3) is 0.348. The highest BCUT2D eigenvalue weighted by Gasteiger charge is 2.49. The number of aliphatic imine (C=N–C) groups is 2. The monoisotopic (exact) mass is 479 g/mol. The second kappa shape index (κ2) is 9.78. The van der Waals surface area contributed by atoms with Crippen LogP contribution in [0.5, 0.6) is 0 Å². The van der Waals surface area contributed by atoms with E-state index in [9.17, 15) is 26.7 Å². The predicted octanol–water partition coefficient (Wildman–Crippen LogP) is 4.82. The first-order valence-corrected chi connectivity index (χ1v) is 10.3. The first-order valence-electron chi connectivity index (χ1n) is 10.3. The molecule has 1 N–H and O–H groups in total. The van der Waals surface area contributed by atoms with Gasteiger partial charge in [0.15, 0.2) is 5.82 Å². The lowest BCUT2D eigenvalue weighted by atomic mass is 9.97. The standard InChI is InChI=1S/C23H22F5N5O/c1-4-30-19(20-31-8-5-9-32-20)18(29-3)13(2)33-21(34)14-10-16(22(24,25)15-6-7-15)12-17(11-14)23(26,27)28/h4-5,8-13,15H,1,6-7H2,2-3H3,(H,33,34). The third kappa shape index (κ3) is 5.52. The molecule has 1 fully saturated rings. The van der Waals surface area contributed by atoms with Crippen molar-refractivity contribution in [1.29, 1.82) is 0 Å². The molecule has 180 valence electrons. The molecule has 1 aliphatic carbocycles. The molecule has 1 saturated carbocycles. The third-order valence-electron chi connectivity index (χ3n) is 5.24. The van der Waals surface area contributed by atoms with Crippen LogP contribution in [-0.4, -0.2) is 40.4 Å². The largest absolute Gasteiger partial charge is 0.416 e. The second-order valence-corrected chi connectivity index (χ2v) is 7.73. The summed E-state index contributed by atoms with van der Waals surface area (Å²) >= 11 is 0. The Bertz CT molecular complexity index is 1120. The van der Waals surface area contributed by atoms with Gasteiger partial charge in [0.2, 0.25) is 0 Å². The normalized spacial score (nSPS) is 16.2. The van der Waals surface area contributed by atoms with Crippen molar-refractivity contribution in [3.63, 3.8) is 0 Å². The summed E-state index contributed by atoms with van der Waals surface area (Å²) in [6.07, 6.45) is -0.301. The van der Waals surface area contributed by atoms with Crippen molar-refractivity contribution in [2.24, 2.45) is 15.9 Å². The molecular formula is C23H22F5N5O. The summed E-state index contributed by atoms with van der Waals surface area (Å²) < 4.78 is 69.5. The number of benzene rings is 1. The lowest BCUT2D eigenvalue weighted by Crippen LogP contribution is -2.42. The van der Waals surface area contributed by atoms with Crippen molar-refractivity contribution in [2.75, 3.05) is 7.05 Å². The van der Waals surface area contributed by atoms with E-state index in [0.29, 0.717) is 12.1 Å². The van der Waals surface area contributed by atoms with Gasteiger partial charge in [-0.2, -0.15) is 13.2 Å². The molecule has 1 amide bonds. The number of carbonyl (C=O) groups is 1. The van der Waals surface area contributed by atoms with Gasteiger partial charge in [-0.1, -0.05) is 6.58 Å². The number of amides is 1. The van der Waals surface area contributed by atoms with E-state index in [0.717, 1.165) is 6.07 Å². The van der Waals surface area contributed by atoms with E-state index in [2.05, 4.69) is 31.8 Å². The van der Waals surface area contributed by atoms with Gasteiger partial charge in [0.1, 0.15) is 5.71 Å². The van der Waals surface area contributed by atoms with Gasteiger partial charge in [-0.3, -0.25) is 14.8 Å². The first-order chi connectivity index (χ1) is 16.0. The maximum atomic E-state index is 14.6. The minimum atomic E-state index is -4.90. The number of alkyl halides is 5. The summed E-state index contributed by atoms with van der Waals surface area (Å²) in [6, 6.07) is 2.47. The van der Waals surface area contributed by atoms with Crippen LogP contribution in [0.15, 0.2) is 59.4 Å². The Kier molecular flexibility index (Phi) is 7.23. The minimum Gasteiger partial charge on any atom is -0.344 e. The Labute approximate surface area is 192 Å². The van der Waals surface area contributed by atoms with E-state index in [1.54, 1.807) is 6.07 Å². The lowest BCUT2D eigenvalue weighted by molar-refractivity contribution is -0.137. The number of hydrogen-bond acceptors (Lipinski definition) is 5. The number of aromatic nitrogens is 2. The van der Waals surface area contributed by atoms with Crippen molar-refractivity contribution >= 4 is 17.3 Å². The molecule has 1 aromatic heterocycles. The smallest absolute Gasteiger partial charge is 0.344 e. The molecule has 1 heterocycles. The predicted molar refractivity (Wildman–Crippen MR) is 117 cm³/mol. The molecule has 0 aliphatic heterocycles. The molecule has 0 spiro atoms. The number of carbonyl (C=O) groups excluding carboxylic acids is 1. The number of nitrogens with one attached hydrogen (secondary N) is 1. The summed E-state index contributed by atoms with van der Waals surface area (Å²) in [4.78, 5) is 29.3. The zero-order valence-corrected chi connectivity index (χ0v) is 18.4. The highest BCUT2D eigenvalue weighted by atomic mass is 19.4. The number of hydrogen-bond donors (Lipinski definition) is 1. The van der Waals surface area contributed by atoms with Gasteiger partial charge >= 0.3 is 6.18 Å². The van der Waals surface area contributed by atoms with Crippen molar-refractivity contribution in [3.05, 3.63) is 72.0 Å². The maximum Gasteiger partial charge on any atom is 0.416 e. The Morgan fingerprint density at radius 2 is 1.76 bits per heavy atom. The van der Waals surface area contributed by atoms with Crippen LogP contribution < -0.4 is 5.32 Å². The Hall–Kier alpha value is -3.50. The summed E-state index contributed by atoms with van der Waals surface area (Å²) in [5.41, 5.74) is -2.28. The van der Waals surface area contributed by atoms with Crippen LogP contribution in [0.3, 0.4) is 0 Å². The maximum absolute atomic E-state index is 14.6. The van der Waals surface area contributed by atoms with E-state index in [-0.39, 0.29) is 30.1 Å². The summed E-state index contributed by atoms with van der Waals surface area (Å²) in [5.74, 6) is -5.28. The summed E-state index contributed by atoms with van der Waals surface area (Å²) in [7, 11) is 1.43. The Balaban J connectivity index is 1.93. The SMILES string of the molecule is C=CN=C(C(=NC)C(C)NC(=O)c1cc(C(F)(F)F)cc(C(F)(F)C2CC2)c1)c1ncccn1. The highest BCUT2D eigenvalue weighted by molar-refractivity contribution is 6.49. The summed E-state index contributed by atoms with van der Waals surface area (Å²) in [5, 5.41) is 2.51. The van der Waals surface area contributed by atoms with Crippen LogP contribution in [0.2, 0.25) is 0 Å². The van der Waals surface area contributed by atoms with Crippen LogP contribution in [0, 0.1) is 5.92 Å². The molecule has 0 radical (unpaired) electrons. The van der Waals surface area contributed by atoms with E-state index >= 15 is 0 Å². The number of halogens is 5. The van der Waals surface area contributed by atoms with Gasteiger partial charge in [0.05, 0.1) is 17.3 Å². The third-order valence-corrected chi connectivity index (χ3v) is 5.24. The molecule has 2 aromatic rings. The van der Waals surface area contributed by atoms with Gasteiger partial charge in [0.25, 0.3) is 11.8 Å². The van der Waals surface area contributed by atoms with Crippen molar-refractivity contribution < 1.29 is 26.7 Å². The fourth-order valence-electron chi connectivity index (χ4n) is 3.40. The van der Waals surface area contributed by atoms with Gasteiger partial charge in [-0.05, 0) is 44.0 Å². The van der Waals surface area contributed by atoms with Crippen molar-refractivity contribution in [1.82, 2.24) is 15.3 Å². The van der Waals surface area contributed by atoms with Crippen molar-refractivity contribution in [2.45, 2.75) is 37.9 Å². The molecule has 1 aromatic carbocycles. The Morgan fingerprint density at radius 1 is 1.15 bits per heavy atom. The molecule has 1 aliphatic rings. The summed E-state index contributed by atoms with van der Waals surface area (Å²) in [6.45, 7) is 5.06. The topological polar surface area (TPSA) is 79.6 Å². The molecule has 11 heteroatoms. The minimum absolute atomic E-state index is 0.189. The van der Waals surface area contributed by atoms with Gasteiger partial charge in [-0.15, -0.1) is 0 Å². The zero-order chi connectivity index (χ0) is 25.1. The van der Waals surface area contributed by atoms with E-state index in [1.165, 1.54) is 32.6 Å². The van der Waals surface area contributed by atoms with Crippen LogP contribution in [0.4, 0.5) is 22.0 Å². The molecular weight excluding hydrogens is 457 g/mol. The van der Waals surface area contributed by atoms with Crippen LogP contribution in [0.25, 0.3) is 0 Å². The molecule has 0 saturated heterocycles. The molecule has 1 unspecified atom stereocenters. The fourth-order valence-corrected chi connectivity index (χ4v) is 3.40. The average Bonchev–Trinajstić information content (AvgIpc) is 3.65. The molecule has 1 atom stereocenters. The van der Waals surface area contributed by atoms with E-state index in [4.69, 9.17) is 0 Å². The lowest BCUT2D eigenvalue weighted by Gasteiger charge is -2.21. The van der Waals surface area contributed by atoms with Crippen LogP contribution in [0.1, 0.15) is 47.1 Å². The molecule has 34 heavy (non-hydrogen) atoms. The second-order valence-electron chi connectivity index (χ2n) is 7.73. The molecule has 6 nitrogen and oxygen atoms in total. The number of nitrogens with zero attached hydrogens (tertiary/aromatic N) is 4. The highest BCUT2D eigenvalue weighted by Crippen LogP contribution is 2.50. The van der Waals surface area contributed by atoms with Gasteiger partial charge < -0.3 is 5.32 Å². The van der Waals surface area contributed by atoms with Gasteiger partial charge in [0, 0.05) is 42.7 Å². The van der Waals surface area contributed by atoms with E-state index < -0.39 is 46.7 Å². The molecule has 3 rings (SSSR count). The number of rotatable bonds is 8. The first kappa shape index (κ1) is 25.1. The van der Waals surface area contributed by atoms with Crippen molar-refractivity contribution in [3.8, 4) is 0 Å². The average molecular weight is 479 g/mol. The van der Waals surface area contributed by atoms with E-state index in [1.807, 2.05) is 0 Å². The Morgan fingerprint density at radius 3 is 2.29 bits per heavy atom. The van der Waals surface area contributed by atoms with Gasteiger partial charge in [-0.25, -0.2) is 18.7 Å². The quantitative estimate of drug-likeness (QED) is 0.436. The zero-order valence-electron chi connectivity index (χ0n) is 18.4. The van der Waals surface area contributed by atoms with Crippen LogP contribution >= 0.6 is 0 Å².